The Morgan fingerprint density at radius 2 is 1.71 bits per heavy atom. The van der Waals surface area contributed by atoms with Crippen LogP contribution < -0.4 is 10.6 Å². The zero-order valence-electron chi connectivity index (χ0n) is 18.2. The van der Waals surface area contributed by atoms with E-state index in [0.717, 1.165) is 0 Å². The highest BCUT2D eigenvalue weighted by molar-refractivity contribution is 9.10. The van der Waals surface area contributed by atoms with Gasteiger partial charge in [-0.15, -0.1) is 0 Å². The number of benzene rings is 3. The molecule has 0 radical (unpaired) electrons. The lowest BCUT2D eigenvalue weighted by Gasteiger charge is -2.17. The van der Waals surface area contributed by atoms with Gasteiger partial charge in [0.25, 0.3) is 17.5 Å². The third-order valence-electron chi connectivity index (χ3n) is 4.86. The molecular formula is C25H20BrN3O6. The summed E-state index contributed by atoms with van der Waals surface area (Å²) in [5, 5.41) is 25.7. The average molecular weight is 538 g/mol. The minimum atomic E-state index is -1.28. The van der Waals surface area contributed by atoms with Gasteiger partial charge in [-0.2, -0.15) is 0 Å². The lowest BCUT2D eigenvalue weighted by atomic mass is 10.1. The van der Waals surface area contributed by atoms with Crippen molar-refractivity contribution in [3.8, 4) is 0 Å². The lowest BCUT2D eigenvalue weighted by Crippen LogP contribution is -2.45. The van der Waals surface area contributed by atoms with E-state index >= 15 is 0 Å². The summed E-state index contributed by atoms with van der Waals surface area (Å²) in [7, 11) is 0. The number of carbonyl (C=O) groups excluding carboxylic acids is 2. The maximum Gasteiger partial charge on any atom is 0.326 e. The van der Waals surface area contributed by atoms with E-state index in [0.29, 0.717) is 10.0 Å². The summed E-state index contributed by atoms with van der Waals surface area (Å²) < 4.78 is 0.646. The summed E-state index contributed by atoms with van der Waals surface area (Å²) in [5.41, 5.74) is 0.742. The fourth-order valence-electron chi connectivity index (χ4n) is 3.16. The smallest absolute Gasteiger partial charge is 0.326 e. The zero-order valence-corrected chi connectivity index (χ0v) is 19.8. The van der Waals surface area contributed by atoms with E-state index in [1.165, 1.54) is 30.3 Å². The maximum absolute atomic E-state index is 13.1. The van der Waals surface area contributed by atoms with Crippen LogP contribution in [0.25, 0.3) is 6.08 Å². The van der Waals surface area contributed by atoms with Crippen LogP contribution in [-0.2, 0) is 16.0 Å². The Labute approximate surface area is 208 Å². The first kappa shape index (κ1) is 25.3. The molecule has 0 aromatic heterocycles. The molecule has 3 aromatic rings. The largest absolute Gasteiger partial charge is 0.480 e. The number of rotatable bonds is 9. The Morgan fingerprint density at radius 3 is 2.37 bits per heavy atom. The lowest BCUT2D eigenvalue weighted by molar-refractivity contribution is -0.384. The standard InChI is InChI=1S/C25H20BrN3O6/c26-19-10-5-9-18(15-19)23(30)27-21(14-17-8-4-11-20(12-17)29(34)35)24(31)28-22(25(32)33)13-16-6-2-1-3-7-16/h1-12,14-15,22H,13H2,(H,27,30)(H,28,31)(H,32,33)/b21-14+/t22-/m1/s1. The summed E-state index contributed by atoms with van der Waals surface area (Å²) in [6.07, 6.45) is 1.27. The van der Waals surface area contributed by atoms with Crippen LogP contribution in [0.2, 0.25) is 0 Å². The molecule has 0 bridgehead atoms. The average Bonchev–Trinajstić information content (AvgIpc) is 2.83. The molecule has 9 nitrogen and oxygen atoms in total. The molecule has 0 aliphatic heterocycles. The van der Waals surface area contributed by atoms with Gasteiger partial charge in [0.2, 0.25) is 0 Å². The molecule has 3 N–H and O–H groups in total. The van der Waals surface area contributed by atoms with E-state index in [4.69, 9.17) is 0 Å². The molecule has 0 fully saturated rings. The highest BCUT2D eigenvalue weighted by Gasteiger charge is 2.24. The van der Waals surface area contributed by atoms with Crippen molar-refractivity contribution in [2.75, 3.05) is 0 Å². The van der Waals surface area contributed by atoms with Crippen molar-refractivity contribution < 1.29 is 24.4 Å². The molecule has 0 saturated carbocycles. The highest BCUT2D eigenvalue weighted by atomic mass is 79.9. The normalized spacial score (nSPS) is 11.9. The van der Waals surface area contributed by atoms with Gasteiger partial charge in [-0.1, -0.05) is 64.5 Å². The van der Waals surface area contributed by atoms with E-state index < -0.39 is 28.7 Å². The van der Waals surface area contributed by atoms with E-state index in [-0.39, 0.29) is 28.9 Å². The molecule has 35 heavy (non-hydrogen) atoms. The summed E-state index contributed by atoms with van der Waals surface area (Å²) in [4.78, 5) is 48.3. The Hall–Kier alpha value is -4.31. The molecule has 0 spiro atoms. The number of nitro benzene ring substituents is 1. The molecule has 1 atom stereocenters. The Morgan fingerprint density at radius 1 is 1.00 bits per heavy atom. The van der Waals surface area contributed by atoms with Crippen molar-refractivity contribution in [2.45, 2.75) is 12.5 Å². The number of aliphatic carboxylic acids is 1. The monoisotopic (exact) mass is 537 g/mol. The molecule has 0 aliphatic carbocycles. The van der Waals surface area contributed by atoms with E-state index in [1.54, 1.807) is 54.6 Å². The SMILES string of the molecule is O=C(N[C@H](Cc1ccccc1)C(=O)O)/C(=C\c1cccc([N+](=O)[O-])c1)NC(=O)c1cccc(Br)c1. The predicted octanol–water partition coefficient (Wildman–Crippen LogP) is 3.94. The number of amides is 2. The molecule has 0 aliphatic rings. The molecule has 0 saturated heterocycles. The fourth-order valence-corrected chi connectivity index (χ4v) is 3.56. The van der Waals surface area contributed by atoms with Crippen LogP contribution in [0.5, 0.6) is 0 Å². The van der Waals surface area contributed by atoms with Crippen molar-refractivity contribution in [3.63, 3.8) is 0 Å². The molecule has 3 rings (SSSR count). The maximum atomic E-state index is 13.1. The summed E-state index contributed by atoms with van der Waals surface area (Å²) in [6, 6.07) is 19.4. The van der Waals surface area contributed by atoms with Crippen LogP contribution in [0.15, 0.2) is 89.0 Å². The van der Waals surface area contributed by atoms with Crippen molar-refractivity contribution in [1.82, 2.24) is 10.6 Å². The number of carbonyl (C=O) groups is 3. The molecule has 0 heterocycles. The van der Waals surface area contributed by atoms with Crippen molar-refractivity contribution in [2.24, 2.45) is 0 Å². The van der Waals surface area contributed by atoms with E-state index in [2.05, 4.69) is 26.6 Å². The van der Waals surface area contributed by atoms with Crippen LogP contribution >= 0.6 is 15.9 Å². The van der Waals surface area contributed by atoms with Crippen LogP contribution in [0.1, 0.15) is 21.5 Å². The van der Waals surface area contributed by atoms with Crippen LogP contribution in [0.3, 0.4) is 0 Å². The van der Waals surface area contributed by atoms with Crippen molar-refractivity contribution >= 4 is 45.5 Å². The topological polar surface area (TPSA) is 139 Å². The molecule has 2 amide bonds. The van der Waals surface area contributed by atoms with Gasteiger partial charge in [-0.25, -0.2) is 4.79 Å². The second-order valence-electron chi connectivity index (χ2n) is 7.43. The van der Waals surface area contributed by atoms with Crippen molar-refractivity contribution in [1.29, 1.82) is 0 Å². The minimum Gasteiger partial charge on any atom is -0.480 e. The number of hydrogen-bond acceptors (Lipinski definition) is 5. The molecule has 0 unspecified atom stereocenters. The number of carboxylic acids is 1. The van der Waals surface area contributed by atoms with Gasteiger partial charge in [0, 0.05) is 28.6 Å². The zero-order chi connectivity index (χ0) is 25.4. The number of carboxylic acid groups (broad SMARTS) is 1. The van der Waals surface area contributed by atoms with E-state index in [9.17, 15) is 29.6 Å². The van der Waals surface area contributed by atoms with Crippen LogP contribution in [-0.4, -0.2) is 33.9 Å². The Bertz CT molecular complexity index is 1290. The van der Waals surface area contributed by atoms with Crippen molar-refractivity contribution in [3.05, 3.63) is 116 Å². The van der Waals surface area contributed by atoms with Gasteiger partial charge in [0.15, 0.2) is 0 Å². The number of non-ortho nitro benzene ring substituents is 1. The third-order valence-corrected chi connectivity index (χ3v) is 5.35. The second kappa shape index (κ2) is 11.7. The first-order valence-electron chi connectivity index (χ1n) is 10.3. The fraction of sp³-hybridized carbons (Fsp3) is 0.0800. The first-order chi connectivity index (χ1) is 16.7. The van der Waals surface area contributed by atoms with Crippen LogP contribution in [0.4, 0.5) is 5.69 Å². The molecule has 3 aromatic carbocycles. The van der Waals surface area contributed by atoms with E-state index in [1.807, 2.05) is 0 Å². The highest BCUT2D eigenvalue weighted by Crippen LogP contribution is 2.17. The molecule has 178 valence electrons. The number of nitrogens with zero attached hydrogens (tertiary/aromatic N) is 1. The summed E-state index contributed by atoms with van der Waals surface area (Å²) >= 11 is 3.28. The second-order valence-corrected chi connectivity index (χ2v) is 8.34. The predicted molar refractivity (Wildman–Crippen MR) is 132 cm³/mol. The van der Waals surface area contributed by atoms with Gasteiger partial charge < -0.3 is 15.7 Å². The van der Waals surface area contributed by atoms with Gasteiger partial charge in [0.1, 0.15) is 11.7 Å². The number of hydrogen-bond donors (Lipinski definition) is 3. The minimum absolute atomic E-state index is 0.0194. The number of halogens is 1. The number of nitro groups is 1. The van der Waals surface area contributed by atoms with Gasteiger partial charge in [0.05, 0.1) is 4.92 Å². The quantitative estimate of drug-likeness (QED) is 0.214. The summed E-state index contributed by atoms with van der Waals surface area (Å²) in [5.74, 6) is -2.73. The van der Waals surface area contributed by atoms with Gasteiger partial charge in [-0.05, 0) is 35.4 Å². The Balaban J connectivity index is 1.92. The van der Waals surface area contributed by atoms with Gasteiger partial charge >= 0.3 is 5.97 Å². The molecular weight excluding hydrogens is 518 g/mol. The summed E-state index contributed by atoms with van der Waals surface area (Å²) in [6.45, 7) is 0. The molecule has 10 heteroatoms. The van der Waals surface area contributed by atoms with Gasteiger partial charge in [-0.3, -0.25) is 19.7 Å². The third kappa shape index (κ3) is 7.34. The number of nitrogens with one attached hydrogen (secondary N) is 2. The Kier molecular flexibility index (Phi) is 8.47. The van der Waals surface area contributed by atoms with Crippen LogP contribution in [0, 0.1) is 10.1 Å². The first-order valence-corrected chi connectivity index (χ1v) is 11.1.